The quantitative estimate of drug-likeness (QED) is 0.456. The number of benzene rings is 2. The fraction of sp³-hybridized carbons (Fsp3) is 0.190. The molecule has 0 atom stereocenters. The lowest BCUT2D eigenvalue weighted by Crippen LogP contribution is -2.00. The molecule has 3 nitrogen and oxygen atoms in total. The Bertz CT molecular complexity index is 943. The summed E-state index contributed by atoms with van der Waals surface area (Å²) in [6, 6.07) is 15.6. The molecule has 0 radical (unpaired) electrons. The molecule has 1 heterocycles. The first-order valence-electron chi connectivity index (χ1n) is 8.41. The molecular formula is C21H20Cl2N2O. The minimum atomic E-state index is 0.464. The average Bonchev–Trinajstić information content (AvgIpc) is 2.91. The van der Waals surface area contributed by atoms with Crippen molar-refractivity contribution in [3.8, 4) is 11.4 Å². The van der Waals surface area contributed by atoms with Gasteiger partial charge in [0, 0.05) is 28.9 Å². The molecule has 2 aromatic carbocycles. The van der Waals surface area contributed by atoms with Gasteiger partial charge in [-0.3, -0.25) is 4.99 Å². The molecule has 0 amide bonds. The van der Waals surface area contributed by atoms with Crippen molar-refractivity contribution >= 4 is 35.1 Å². The van der Waals surface area contributed by atoms with Crippen molar-refractivity contribution in [3.05, 3.63) is 75.5 Å². The lowest BCUT2D eigenvalue weighted by molar-refractivity contribution is 0.340. The van der Waals surface area contributed by atoms with Gasteiger partial charge in [0.1, 0.15) is 5.75 Å². The van der Waals surface area contributed by atoms with Crippen molar-refractivity contribution in [1.29, 1.82) is 0 Å². The zero-order valence-corrected chi connectivity index (χ0v) is 16.5. The highest BCUT2D eigenvalue weighted by Gasteiger charge is 2.10. The number of rotatable bonds is 5. The summed E-state index contributed by atoms with van der Waals surface area (Å²) in [6.45, 7) is 6.79. The van der Waals surface area contributed by atoms with E-state index in [1.165, 1.54) is 0 Å². The highest BCUT2D eigenvalue weighted by Crippen LogP contribution is 2.32. The predicted molar refractivity (Wildman–Crippen MR) is 110 cm³/mol. The van der Waals surface area contributed by atoms with Crippen molar-refractivity contribution in [2.45, 2.75) is 20.8 Å². The molecule has 26 heavy (non-hydrogen) atoms. The van der Waals surface area contributed by atoms with Crippen molar-refractivity contribution in [2.24, 2.45) is 4.99 Å². The van der Waals surface area contributed by atoms with E-state index in [4.69, 9.17) is 27.9 Å². The van der Waals surface area contributed by atoms with Crippen LogP contribution in [0.15, 0.2) is 53.5 Å². The van der Waals surface area contributed by atoms with E-state index >= 15 is 0 Å². The van der Waals surface area contributed by atoms with Gasteiger partial charge in [0.2, 0.25) is 0 Å². The van der Waals surface area contributed by atoms with Gasteiger partial charge in [0.15, 0.2) is 0 Å². The fourth-order valence-corrected chi connectivity index (χ4v) is 3.25. The van der Waals surface area contributed by atoms with Crippen molar-refractivity contribution in [1.82, 2.24) is 4.57 Å². The lowest BCUT2D eigenvalue weighted by Gasteiger charge is -2.11. The first-order chi connectivity index (χ1) is 12.5. The Morgan fingerprint density at radius 1 is 1.08 bits per heavy atom. The highest BCUT2D eigenvalue weighted by molar-refractivity contribution is 6.43. The molecule has 5 heteroatoms. The molecule has 0 aliphatic heterocycles. The third-order valence-electron chi connectivity index (χ3n) is 4.15. The Labute approximate surface area is 163 Å². The van der Waals surface area contributed by atoms with Gasteiger partial charge in [-0.25, -0.2) is 0 Å². The van der Waals surface area contributed by atoms with Gasteiger partial charge in [-0.1, -0.05) is 29.3 Å². The zero-order chi connectivity index (χ0) is 18.7. The largest absolute Gasteiger partial charge is 0.494 e. The molecule has 134 valence electrons. The first-order valence-corrected chi connectivity index (χ1v) is 9.17. The van der Waals surface area contributed by atoms with Gasteiger partial charge in [-0.2, -0.15) is 0 Å². The van der Waals surface area contributed by atoms with E-state index < -0.39 is 0 Å². The number of aryl methyl sites for hydroxylation is 1. The van der Waals surface area contributed by atoms with E-state index in [2.05, 4.69) is 41.6 Å². The third kappa shape index (κ3) is 3.79. The Hall–Kier alpha value is -2.23. The predicted octanol–water partition coefficient (Wildman–Crippen LogP) is 6.55. The number of ether oxygens (including phenoxy) is 1. The van der Waals surface area contributed by atoms with Crippen LogP contribution >= 0.6 is 23.2 Å². The summed E-state index contributed by atoms with van der Waals surface area (Å²) in [7, 11) is 0. The Kier molecular flexibility index (Phi) is 5.70. The normalized spacial score (nSPS) is 11.3. The second-order valence-corrected chi connectivity index (χ2v) is 6.71. The fourth-order valence-electron chi connectivity index (χ4n) is 2.90. The Balaban J connectivity index is 1.93. The molecule has 0 saturated carbocycles. The molecule has 1 aromatic heterocycles. The van der Waals surface area contributed by atoms with E-state index in [1.807, 2.05) is 37.4 Å². The summed E-state index contributed by atoms with van der Waals surface area (Å²) >= 11 is 12.3. The number of hydrogen-bond acceptors (Lipinski definition) is 2. The van der Waals surface area contributed by atoms with Crippen LogP contribution in [0.5, 0.6) is 5.75 Å². The molecule has 0 spiro atoms. The smallest absolute Gasteiger partial charge is 0.119 e. The third-order valence-corrected chi connectivity index (χ3v) is 4.96. The van der Waals surface area contributed by atoms with Gasteiger partial charge < -0.3 is 9.30 Å². The molecule has 0 aliphatic rings. The molecule has 0 fully saturated rings. The molecule has 3 rings (SSSR count). The Morgan fingerprint density at radius 2 is 1.81 bits per heavy atom. The SMILES string of the molecule is CCOc1ccc(-n2c(C)cc(C=Nc3cccc(Cl)c3Cl)c2C)cc1. The molecule has 0 bridgehead atoms. The maximum Gasteiger partial charge on any atom is 0.119 e. The zero-order valence-electron chi connectivity index (χ0n) is 15.0. The summed E-state index contributed by atoms with van der Waals surface area (Å²) in [5.41, 5.74) is 5.01. The Morgan fingerprint density at radius 3 is 2.50 bits per heavy atom. The van der Waals surface area contributed by atoms with E-state index in [1.54, 1.807) is 6.07 Å². The second-order valence-electron chi connectivity index (χ2n) is 5.92. The first kappa shape index (κ1) is 18.6. The molecule has 0 N–H and O–H groups in total. The van der Waals surface area contributed by atoms with Crippen LogP contribution in [-0.2, 0) is 0 Å². The topological polar surface area (TPSA) is 26.5 Å². The van der Waals surface area contributed by atoms with Gasteiger partial charge in [-0.05, 0) is 63.2 Å². The number of aliphatic imine (C=N–C) groups is 1. The molecule has 0 unspecified atom stereocenters. The van der Waals surface area contributed by atoms with Crippen LogP contribution in [0, 0.1) is 13.8 Å². The average molecular weight is 387 g/mol. The maximum absolute atomic E-state index is 6.21. The van der Waals surface area contributed by atoms with Crippen molar-refractivity contribution < 1.29 is 4.74 Å². The minimum Gasteiger partial charge on any atom is -0.494 e. The number of aromatic nitrogens is 1. The number of nitrogens with zero attached hydrogens (tertiary/aromatic N) is 2. The van der Waals surface area contributed by atoms with Crippen LogP contribution in [0.2, 0.25) is 10.0 Å². The summed E-state index contributed by atoms with van der Waals surface area (Å²) in [5.74, 6) is 0.871. The van der Waals surface area contributed by atoms with Gasteiger partial charge in [0.05, 0.1) is 22.3 Å². The van der Waals surface area contributed by atoms with Crippen LogP contribution in [0.25, 0.3) is 5.69 Å². The van der Waals surface area contributed by atoms with E-state index in [-0.39, 0.29) is 0 Å². The number of halogens is 2. The van der Waals surface area contributed by atoms with Crippen molar-refractivity contribution in [2.75, 3.05) is 6.61 Å². The van der Waals surface area contributed by atoms with Crippen LogP contribution in [0.1, 0.15) is 23.9 Å². The van der Waals surface area contributed by atoms with Crippen molar-refractivity contribution in [3.63, 3.8) is 0 Å². The second kappa shape index (κ2) is 7.98. The molecule has 0 saturated heterocycles. The maximum atomic E-state index is 6.21. The van der Waals surface area contributed by atoms with Gasteiger partial charge >= 0.3 is 0 Å². The van der Waals surface area contributed by atoms with Gasteiger partial charge in [-0.15, -0.1) is 0 Å². The van der Waals surface area contributed by atoms with Gasteiger partial charge in [0.25, 0.3) is 0 Å². The standard InChI is InChI=1S/C21H20Cl2N2O/c1-4-26-18-10-8-17(9-11-18)25-14(2)12-16(15(25)3)13-24-20-7-5-6-19(22)21(20)23/h5-13H,4H2,1-3H3. The van der Waals surface area contributed by atoms with Crippen LogP contribution < -0.4 is 4.74 Å². The van der Waals surface area contributed by atoms with E-state index in [0.717, 1.165) is 28.4 Å². The van der Waals surface area contributed by atoms with E-state index in [0.29, 0.717) is 22.3 Å². The minimum absolute atomic E-state index is 0.464. The van der Waals surface area contributed by atoms with Crippen LogP contribution in [0.4, 0.5) is 5.69 Å². The van der Waals surface area contributed by atoms with Crippen LogP contribution in [0.3, 0.4) is 0 Å². The summed E-state index contributed by atoms with van der Waals surface area (Å²) in [6.07, 6.45) is 1.82. The summed E-state index contributed by atoms with van der Waals surface area (Å²) in [5, 5.41) is 0.965. The van der Waals surface area contributed by atoms with Crippen LogP contribution in [-0.4, -0.2) is 17.4 Å². The summed E-state index contributed by atoms with van der Waals surface area (Å²) in [4.78, 5) is 4.51. The highest BCUT2D eigenvalue weighted by atomic mass is 35.5. The number of hydrogen-bond donors (Lipinski definition) is 0. The molecule has 0 aliphatic carbocycles. The summed E-state index contributed by atoms with van der Waals surface area (Å²) < 4.78 is 7.71. The monoisotopic (exact) mass is 386 g/mol. The molecular weight excluding hydrogens is 367 g/mol. The van der Waals surface area contributed by atoms with E-state index in [9.17, 15) is 0 Å². The lowest BCUT2D eigenvalue weighted by atomic mass is 10.2. The molecule has 3 aromatic rings.